The summed E-state index contributed by atoms with van der Waals surface area (Å²) in [7, 11) is 0. The zero-order valence-electron chi connectivity index (χ0n) is 10.6. The Bertz CT molecular complexity index is 398. The topological polar surface area (TPSA) is 35.2 Å². The first-order valence-corrected chi connectivity index (χ1v) is 5.91. The molecule has 1 fully saturated rings. The van der Waals surface area contributed by atoms with E-state index in [1.807, 2.05) is 6.07 Å². The molecular weight excluding hydrogens is 198 g/mol. The largest absolute Gasteiger partial charge is 0.490 e. The molecule has 88 valence electrons. The molecule has 2 heteroatoms. The summed E-state index contributed by atoms with van der Waals surface area (Å²) in [5.41, 5.74) is 8.65. The van der Waals surface area contributed by atoms with E-state index in [0.29, 0.717) is 0 Å². The van der Waals surface area contributed by atoms with Gasteiger partial charge in [0, 0.05) is 17.9 Å². The van der Waals surface area contributed by atoms with Gasteiger partial charge in [-0.1, -0.05) is 19.9 Å². The van der Waals surface area contributed by atoms with Crippen molar-refractivity contribution in [3.8, 4) is 5.75 Å². The van der Waals surface area contributed by atoms with Gasteiger partial charge in [-0.15, -0.1) is 0 Å². The lowest BCUT2D eigenvalue weighted by Gasteiger charge is -2.49. The number of hydrogen-bond acceptors (Lipinski definition) is 2. The number of hydrogen-bond donors (Lipinski definition) is 1. The quantitative estimate of drug-likeness (QED) is 0.830. The molecule has 1 aromatic rings. The Kier molecular flexibility index (Phi) is 2.70. The fourth-order valence-electron chi connectivity index (χ4n) is 2.07. The van der Waals surface area contributed by atoms with Crippen LogP contribution in [0.4, 0.5) is 0 Å². The minimum atomic E-state index is 0.0960. The minimum Gasteiger partial charge on any atom is -0.490 e. The molecule has 0 heterocycles. The van der Waals surface area contributed by atoms with Gasteiger partial charge in [-0.3, -0.25) is 0 Å². The van der Waals surface area contributed by atoms with Crippen molar-refractivity contribution < 1.29 is 4.74 Å². The maximum atomic E-state index is 5.99. The highest BCUT2D eigenvalue weighted by Crippen LogP contribution is 2.41. The summed E-state index contributed by atoms with van der Waals surface area (Å²) in [5, 5.41) is 0. The van der Waals surface area contributed by atoms with Gasteiger partial charge in [0.25, 0.3) is 0 Å². The molecule has 0 bridgehead atoms. The molecule has 1 saturated carbocycles. The van der Waals surface area contributed by atoms with Gasteiger partial charge in [-0.25, -0.2) is 0 Å². The van der Waals surface area contributed by atoms with Crippen LogP contribution in [0.15, 0.2) is 18.2 Å². The van der Waals surface area contributed by atoms with E-state index >= 15 is 0 Å². The second-order valence-electron chi connectivity index (χ2n) is 5.52. The lowest BCUT2D eigenvalue weighted by molar-refractivity contribution is -0.0400. The van der Waals surface area contributed by atoms with E-state index in [0.717, 1.165) is 12.2 Å². The van der Waals surface area contributed by atoms with Crippen LogP contribution in [0, 0.1) is 19.3 Å². The maximum absolute atomic E-state index is 5.99. The Morgan fingerprint density at radius 3 is 2.44 bits per heavy atom. The first-order chi connectivity index (χ1) is 7.41. The Morgan fingerprint density at radius 2 is 1.94 bits per heavy atom. The van der Waals surface area contributed by atoms with Gasteiger partial charge in [-0.2, -0.15) is 0 Å². The van der Waals surface area contributed by atoms with Crippen molar-refractivity contribution in [3.05, 3.63) is 29.3 Å². The highest BCUT2D eigenvalue weighted by Gasteiger charge is 2.47. The fourth-order valence-corrected chi connectivity index (χ4v) is 2.07. The van der Waals surface area contributed by atoms with Crippen LogP contribution in [-0.4, -0.2) is 12.1 Å². The normalized spacial score (nSPS) is 27.3. The van der Waals surface area contributed by atoms with Crippen LogP contribution < -0.4 is 10.5 Å². The molecule has 2 unspecified atom stereocenters. The van der Waals surface area contributed by atoms with Gasteiger partial charge in [0.2, 0.25) is 0 Å². The van der Waals surface area contributed by atoms with E-state index in [4.69, 9.17) is 10.5 Å². The van der Waals surface area contributed by atoms with Crippen molar-refractivity contribution in [2.45, 2.75) is 46.3 Å². The minimum absolute atomic E-state index is 0.0960. The molecule has 2 nitrogen and oxygen atoms in total. The second-order valence-corrected chi connectivity index (χ2v) is 5.52. The van der Waals surface area contributed by atoms with Crippen LogP contribution in [0.25, 0.3) is 0 Å². The maximum Gasteiger partial charge on any atom is 0.120 e. The third-order valence-corrected chi connectivity index (χ3v) is 4.01. The van der Waals surface area contributed by atoms with Crippen LogP contribution in [0.5, 0.6) is 5.75 Å². The van der Waals surface area contributed by atoms with Gasteiger partial charge in [-0.05, 0) is 37.1 Å². The molecule has 1 aromatic carbocycles. The standard InChI is InChI=1S/C14H21NO/c1-9-5-6-11(7-10(9)2)16-13-8-12(15)14(13,3)4/h5-7,12-13H,8,15H2,1-4H3. The summed E-state index contributed by atoms with van der Waals surface area (Å²) in [6.45, 7) is 8.57. The lowest BCUT2D eigenvalue weighted by Crippen LogP contribution is -2.60. The summed E-state index contributed by atoms with van der Waals surface area (Å²) >= 11 is 0. The van der Waals surface area contributed by atoms with Crippen molar-refractivity contribution in [2.75, 3.05) is 0 Å². The molecule has 16 heavy (non-hydrogen) atoms. The van der Waals surface area contributed by atoms with E-state index in [-0.39, 0.29) is 17.6 Å². The lowest BCUT2D eigenvalue weighted by atomic mass is 9.65. The Hall–Kier alpha value is -1.02. The van der Waals surface area contributed by atoms with E-state index in [1.165, 1.54) is 11.1 Å². The summed E-state index contributed by atoms with van der Waals surface area (Å²) in [6.07, 6.45) is 1.21. The second kappa shape index (κ2) is 3.77. The van der Waals surface area contributed by atoms with Gasteiger partial charge in [0.05, 0.1) is 0 Å². The van der Waals surface area contributed by atoms with Crippen LogP contribution in [0.3, 0.4) is 0 Å². The van der Waals surface area contributed by atoms with Crippen molar-refractivity contribution in [3.63, 3.8) is 0 Å². The first kappa shape index (κ1) is 11.5. The Labute approximate surface area is 97.8 Å². The van der Waals surface area contributed by atoms with Crippen LogP contribution in [-0.2, 0) is 0 Å². The number of rotatable bonds is 2. The number of benzene rings is 1. The zero-order valence-corrected chi connectivity index (χ0v) is 10.6. The molecule has 1 aliphatic rings. The summed E-state index contributed by atoms with van der Waals surface area (Å²) in [4.78, 5) is 0. The van der Waals surface area contributed by atoms with E-state index < -0.39 is 0 Å². The third-order valence-electron chi connectivity index (χ3n) is 4.01. The van der Waals surface area contributed by atoms with E-state index in [2.05, 4.69) is 39.8 Å². The van der Waals surface area contributed by atoms with E-state index in [1.54, 1.807) is 0 Å². The Balaban J connectivity index is 2.08. The molecular formula is C14H21NO. The average Bonchev–Trinajstić information content (AvgIpc) is 2.23. The zero-order chi connectivity index (χ0) is 11.9. The number of aryl methyl sites for hydroxylation is 2. The van der Waals surface area contributed by atoms with Crippen LogP contribution in [0.2, 0.25) is 0 Å². The summed E-state index contributed by atoms with van der Waals surface area (Å²) in [6, 6.07) is 6.53. The monoisotopic (exact) mass is 219 g/mol. The summed E-state index contributed by atoms with van der Waals surface area (Å²) in [5.74, 6) is 0.966. The molecule has 0 aromatic heterocycles. The predicted octanol–water partition coefficient (Wildman–Crippen LogP) is 2.81. The molecule has 2 N–H and O–H groups in total. The van der Waals surface area contributed by atoms with Crippen molar-refractivity contribution in [1.82, 2.24) is 0 Å². The molecule has 0 spiro atoms. The summed E-state index contributed by atoms with van der Waals surface area (Å²) < 4.78 is 5.99. The SMILES string of the molecule is Cc1ccc(OC2CC(N)C2(C)C)cc1C. The van der Waals surface area contributed by atoms with Crippen molar-refractivity contribution in [2.24, 2.45) is 11.1 Å². The molecule has 2 atom stereocenters. The fraction of sp³-hybridized carbons (Fsp3) is 0.571. The van der Waals surface area contributed by atoms with Crippen LogP contribution >= 0.6 is 0 Å². The highest BCUT2D eigenvalue weighted by molar-refractivity contribution is 5.34. The first-order valence-electron chi connectivity index (χ1n) is 5.91. The number of ether oxygens (including phenoxy) is 1. The van der Waals surface area contributed by atoms with Gasteiger partial charge in [0.15, 0.2) is 0 Å². The van der Waals surface area contributed by atoms with Gasteiger partial charge < -0.3 is 10.5 Å². The average molecular weight is 219 g/mol. The molecule has 0 radical (unpaired) electrons. The smallest absolute Gasteiger partial charge is 0.120 e. The third kappa shape index (κ3) is 1.82. The van der Waals surface area contributed by atoms with E-state index in [9.17, 15) is 0 Å². The van der Waals surface area contributed by atoms with Gasteiger partial charge >= 0.3 is 0 Å². The number of nitrogens with two attached hydrogens (primary N) is 1. The molecule has 2 rings (SSSR count). The predicted molar refractivity (Wildman–Crippen MR) is 66.7 cm³/mol. The van der Waals surface area contributed by atoms with Crippen molar-refractivity contribution in [1.29, 1.82) is 0 Å². The van der Waals surface area contributed by atoms with Crippen LogP contribution in [0.1, 0.15) is 31.4 Å². The molecule has 1 aliphatic carbocycles. The molecule has 0 aliphatic heterocycles. The van der Waals surface area contributed by atoms with Gasteiger partial charge in [0.1, 0.15) is 11.9 Å². The Morgan fingerprint density at radius 1 is 1.25 bits per heavy atom. The van der Waals surface area contributed by atoms with Crippen molar-refractivity contribution >= 4 is 0 Å². The molecule has 0 saturated heterocycles. The highest BCUT2D eigenvalue weighted by atomic mass is 16.5. The molecule has 0 amide bonds.